The van der Waals surface area contributed by atoms with Gasteiger partial charge in [0, 0.05) is 25.4 Å². The number of morpholine rings is 1. The van der Waals surface area contributed by atoms with Crippen molar-refractivity contribution in [2.75, 3.05) is 19.7 Å². The Morgan fingerprint density at radius 3 is 2.93 bits per heavy atom. The lowest BCUT2D eigenvalue weighted by atomic mass is 10.1. The van der Waals surface area contributed by atoms with Crippen molar-refractivity contribution in [3.05, 3.63) is 64.9 Å². The van der Waals surface area contributed by atoms with Crippen molar-refractivity contribution in [3.63, 3.8) is 0 Å². The molecule has 0 saturated carbocycles. The molecule has 1 atom stereocenters. The molecule has 0 aliphatic carbocycles. The van der Waals surface area contributed by atoms with Crippen LogP contribution in [0.1, 0.15) is 46.1 Å². The monoisotopic (exact) mass is 392 g/mol. The van der Waals surface area contributed by atoms with Crippen LogP contribution in [0.15, 0.2) is 41.2 Å². The van der Waals surface area contributed by atoms with Gasteiger partial charge in [-0.05, 0) is 37.6 Å². The fourth-order valence-electron chi connectivity index (χ4n) is 3.62. The van der Waals surface area contributed by atoms with E-state index in [-0.39, 0.29) is 12.0 Å². The first-order valence-electron chi connectivity index (χ1n) is 9.81. The van der Waals surface area contributed by atoms with E-state index in [0.29, 0.717) is 25.3 Å². The molecule has 0 bridgehead atoms. The zero-order valence-corrected chi connectivity index (χ0v) is 16.9. The van der Waals surface area contributed by atoms with E-state index in [9.17, 15) is 4.79 Å². The fraction of sp³-hybridized carbons (Fsp3) is 0.364. The maximum Gasteiger partial charge on any atom is 0.255 e. The number of hydrogen-bond acceptors (Lipinski definition) is 6. The topological polar surface area (TPSA) is 81.4 Å². The van der Waals surface area contributed by atoms with E-state index in [0.717, 1.165) is 40.4 Å². The number of pyridine rings is 2. The molecule has 7 nitrogen and oxygen atoms in total. The highest BCUT2D eigenvalue weighted by atomic mass is 16.5. The summed E-state index contributed by atoms with van der Waals surface area (Å²) in [6.07, 6.45) is 3.82. The van der Waals surface area contributed by atoms with E-state index in [4.69, 9.17) is 14.2 Å². The third kappa shape index (κ3) is 3.91. The molecular formula is C22H24N4O3. The lowest BCUT2D eigenvalue weighted by Crippen LogP contribution is -2.42. The Hall–Kier alpha value is -3.06. The summed E-state index contributed by atoms with van der Waals surface area (Å²) in [7, 11) is 0. The van der Waals surface area contributed by atoms with E-state index >= 15 is 0 Å². The Morgan fingerprint density at radius 1 is 1.28 bits per heavy atom. The summed E-state index contributed by atoms with van der Waals surface area (Å²) >= 11 is 0. The lowest BCUT2D eigenvalue weighted by Gasteiger charge is -2.32. The van der Waals surface area contributed by atoms with Crippen LogP contribution in [0.2, 0.25) is 0 Å². The van der Waals surface area contributed by atoms with Gasteiger partial charge in [-0.15, -0.1) is 0 Å². The van der Waals surface area contributed by atoms with Gasteiger partial charge in [0.15, 0.2) is 0 Å². The van der Waals surface area contributed by atoms with E-state index in [1.807, 2.05) is 45.0 Å². The Bertz CT molecular complexity index is 1030. The van der Waals surface area contributed by atoms with Gasteiger partial charge in [-0.2, -0.15) is 0 Å². The average molecular weight is 392 g/mol. The molecule has 0 radical (unpaired) electrons. The largest absolute Gasteiger partial charge is 0.368 e. The maximum atomic E-state index is 12.9. The number of amides is 1. The normalized spacial score (nSPS) is 16.8. The van der Waals surface area contributed by atoms with Gasteiger partial charge in [0.25, 0.3) is 5.91 Å². The van der Waals surface area contributed by atoms with Crippen LogP contribution in [0.4, 0.5) is 0 Å². The molecule has 150 valence electrons. The van der Waals surface area contributed by atoms with Gasteiger partial charge in [-0.1, -0.05) is 18.1 Å². The molecule has 3 aromatic rings. The predicted octanol–water partition coefficient (Wildman–Crippen LogP) is 3.52. The smallest absolute Gasteiger partial charge is 0.255 e. The molecule has 29 heavy (non-hydrogen) atoms. The molecule has 4 heterocycles. The van der Waals surface area contributed by atoms with Crippen molar-refractivity contribution in [3.8, 4) is 11.3 Å². The van der Waals surface area contributed by atoms with Crippen molar-refractivity contribution in [1.29, 1.82) is 0 Å². The molecule has 0 spiro atoms. The second kappa shape index (κ2) is 8.13. The molecule has 1 saturated heterocycles. The van der Waals surface area contributed by atoms with Gasteiger partial charge in [0.1, 0.15) is 11.9 Å². The van der Waals surface area contributed by atoms with Crippen LogP contribution in [0.3, 0.4) is 0 Å². The number of carbonyl (C=O) groups excluding carboxylic acids is 1. The zero-order valence-electron chi connectivity index (χ0n) is 16.9. The van der Waals surface area contributed by atoms with E-state index in [2.05, 4.69) is 10.1 Å². The summed E-state index contributed by atoms with van der Waals surface area (Å²) in [5.74, 6) is 0.786. The number of nitrogens with zero attached hydrogens (tertiary/aromatic N) is 4. The Morgan fingerprint density at radius 2 is 2.14 bits per heavy atom. The fourth-order valence-corrected chi connectivity index (χ4v) is 3.62. The quantitative estimate of drug-likeness (QED) is 0.676. The Labute approximate surface area is 169 Å². The summed E-state index contributed by atoms with van der Waals surface area (Å²) in [6.45, 7) is 7.34. The van der Waals surface area contributed by atoms with Crippen molar-refractivity contribution < 1.29 is 14.1 Å². The summed E-state index contributed by atoms with van der Waals surface area (Å²) in [5, 5.41) is 4.08. The highest BCUT2D eigenvalue weighted by Gasteiger charge is 2.28. The molecule has 1 aliphatic rings. The SMILES string of the molecule is CCc1onc(C)c1-c1cccc(C2CN(C(=O)c3cncc(C)c3)CCO2)n1. The predicted molar refractivity (Wildman–Crippen MR) is 107 cm³/mol. The van der Waals surface area contributed by atoms with Crippen LogP contribution >= 0.6 is 0 Å². The first-order valence-corrected chi connectivity index (χ1v) is 9.81. The second-order valence-electron chi connectivity index (χ2n) is 7.23. The van der Waals surface area contributed by atoms with Crippen LogP contribution in [-0.4, -0.2) is 45.6 Å². The minimum absolute atomic E-state index is 0.0335. The number of hydrogen-bond donors (Lipinski definition) is 0. The Kier molecular flexibility index (Phi) is 5.40. The molecule has 1 amide bonds. The van der Waals surface area contributed by atoms with Gasteiger partial charge in [-0.25, -0.2) is 4.98 Å². The number of carbonyl (C=O) groups is 1. The van der Waals surface area contributed by atoms with E-state index < -0.39 is 0 Å². The van der Waals surface area contributed by atoms with Crippen LogP contribution in [0.5, 0.6) is 0 Å². The molecule has 1 aliphatic heterocycles. The average Bonchev–Trinajstić information content (AvgIpc) is 3.14. The number of rotatable bonds is 4. The Balaban J connectivity index is 1.57. The third-order valence-corrected chi connectivity index (χ3v) is 5.09. The number of ether oxygens (including phenoxy) is 1. The van der Waals surface area contributed by atoms with Crippen LogP contribution in [0, 0.1) is 13.8 Å². The lowest BCUT2D eigenvalue weighted by molar-refractivity contribution is -0.0247. The van der Waals surface area contributed by atoms with Crippen molar-refractivity contribution in [1.82, 2.24) is 20.0 Å². The molecule has 1 unspecified atom stereocenters. The van der Waals surface area contributed by atoms with Gasteiger partial charge in [0.05, 0.1) is 41.4 Å². The van der Waals surface area contributed by atoms with Crippen LogP contribution in [0.25, 0.3) is 11.3 Å². The molecule has 0 aromatic carbocycles. The van der Waals surface area contributed by atoms with Crippen molar-refractivity contribution in [2.45, 2.75) is 33.3 Å². The molecule has 4 rings (SSSR count). The standard InChI is InChI=1S/C22H24N4O3/c1-4-19-21(15(3)25-29-19)18-7-5-6-17(24-18)20-13-26(8-9-28-20)22(27)16-10-14(2)11-23-12-16/h5-7,10-12,20H,4,8-9,13H2,1-3H3. The molecule has 3 aromatic heterocycles. The summed E-state index contributed by atoms with van der Waals surface area (Å²) in [4.78, 5) is 23.7. The maximum absolute atomic E-state index is 12.9. The van der Waals surface area contributed by atoms with Gasteiger partial charge < -0.3 is 14.2 Å². The van der Waals surface area contributed by atoms with Gasteiger partial charge in [0.2, 0.25) is 0 Å². The molecule has 7 heteroatoms. The van der Waals surface area contributed by atoms with Crippen molar-refractivity contribution in [2.24, 2.45) is 0 Å². The highest BCUT2D eigenvalue weighted by molar-refractivity contribution is 5.94. The van der Waals surface area contributed by atoms with Gasteiger partial charge >= 0.3 is 0 Å². The minimum atomic E-state index is -0.282. The zero-order chi connectivity index (χ0) is 20.4. The van der Waals surface area contributed by atoms with Crippen LogP contribution in [-0.2, 0) is 11.2 Å². The first kappa shape index (κ1) is 19.3. The second-order valence-corrected chi connectivity index (χ2v) is 7.23. The summed E-state index contributed by atoms with van der Waals surface area (Å²) < 4.78 is 11.4. The van der Waals surface area contributed by atoms with Crippen LogP contribution < -0.4 is 0 Å². The molecular weight excluding hydrogens is 368 g/mol. The number of aromatic nitrogens is 3. The van der Waals surface area contributed by atoms with E-state index in [1.54, 1.807) is 17.3 Å². The first-order chi connectivity index (χ1) is 14.1. The summed E-state index contributed by atoms with van der Waals surface area (Å²) in [6, 6.07) is 7.70. The number of aryl methyl sites for hydroxylation is 3. The minimum Gasteiger partial charge on any atom is -0.368 e. The summed E-state index contributed by atoms with van der Waals surface area (Å²) in [5.41, 5.74) is 4.92. The molecule has 0 N–H and O–H groups in total. The van der Waals surface area contributed by atoms with Crippen molar-refractivity contribution >= 4 is 5.91 Å². The third-order valence-electron chi connectivity index (χ3n) is 5.09. The molecule has 1 fully saturated rings. The van der Waals surface area contributed by atoms with Gasteiger partial charge in [-0.3, -0.25) is 9.78 Å². The van der Waals surface area contributed by atoms with E-state index in [1.165, 1.54) is 0 Å². The highest BCUT2D eigenvalue weighted by Crippen LogP contribution is 2.29.